The van der Waals surface area contributed by atoms with E-state index in [-0.39, 0.29) is 6.04 Å². The molecule has 2 rings (SSSR count). The monoisotopic (exact) mass is 351 g/mol. The van der Waals surface area contributed by atoms with Crippen molar-refractivity contribution in [3.05, 3.63) is 64.1 Å². The van der Waals surface area contributed by atoms with E-state index in [9.17, 15) is 4.21 Å². The first-order valence-electron chi connectivity index (χ1n) is 6.48. The van der Waals surface area contributed by atoms with E-state index in [2.05, 4.69) is 52.4 Å². The minimum absolute atomic E-state index is 0.0973. The second kappa shape index (κ2) is 7.16. The highest BCUT2D eigenvalue weighted by Gasteiger charge is 2.14. The molecule has 2 nitrogen and oxygen atoms in total. The van der Waals surface area contributed by atoms with Gasteiger partial charge in [-0.05, 0) is 43.8 Å². The third-order valence-corrected chi connectivity index (χ3v) is 5.19. The van der Waals surface area contributed by atoms with Crippen LogP contribution in [0.3, 0.4) is 0 Å². The van der Waals surface area contributed by atoms with Crippen molar-refractivity contribution in [2.24, 2.45) is 0 Å². The number of halogens is 1. The summed E-state index contributed by atoms with van der Waals surface area (Å²) in [6, 6.07) is 16.1. The van der Waals surface area contributed by atoms with Crippen molar-refractivity contribution >= 4 is 26.7 Å². The second-order valence-corrected chi connectivity index (χ2v) is 7.13. The Bertz CT molecular complexity index is 580. The number of hydrogen-bond donors (Lipinski definition) is 1. The standard InChI is InChI=1S/C16H18BrNOS/c1-12-3-5-13(6-4-12)16(18-2)11-20(19)15-9-7-14(17)8-10-15/h3-10,16,18H,11H2,1-2H3. The van der Waals surface area contributed by atoms with E-state index in [1.165, 1.54) is 11.1 Å². The average molecular weight is 352 g/mol. The molecular formula is C16H18BrNOS. The molecule has 1 N–H and O–H groups in total. The van der Waals surface area contributed by atoms with Gasteiger partial charge in [0.15, 0.2) is 0 Å². The van der Waals surface area contributed by atoms with E-state index in [4.69, 9.17) is 0 Å². The number of rotatable bonds is 5. The topological polar surface area (TPSA) is 29.1 Å². The summed E-state index contributed by atoms with van der Waals surface area (Å²) in [5.41, 5.74) is 2.40. The van der Waals surface area contributed by atoms with Crippen LogP contribution in [0, 0.1) is 6.92 Å². The van der Waals surface area contributed by atoms with Gasteiger partial charge in [-0.1, -0.05) is 45.8 Å². The van der Waals surface area contributed by atoms with Crippen molar-refractivity contribution in [3.63, 3.8) is 0 Å². The van der Waals surface area contributed by atoms with Crippen LogP contribution in [0.5, 0.6) is 0 Å². The first-order valence-corrected chi connectivity index (χ1v) is 8.59. The number of nitrogens with one attached hydrogen (secondary N) is 1. The summed E-state index contributed by atoms with van der Waals surface area (Å²) >= 11 is 3.39. The number of aryl methyl sites for hydroxylation is 1. The summed E-state index contributed by atoms with van der Waals surface area (Å²) in [4.78, 5) is 0.862. The predicted molar refractivity (Wildman–Crippen MR) is 88.4 cm³/mol. The average Bonchev–Trinajstić information content (AvgIpc) is 2.46. The Hall–Kier alpha value is -0.970. The summed E-state index contributed by atoms with van der Waals surface area (Å²) in [5.74, 6) is 0.571. The Balaban J connectivity index is 2.11. The normalized spacial score (nSPS) is 13.9. The molecule has 0 spiro atoms. The third-order valence-electron chi connectivity index (χ3n) is 3.22. The number of benzene rings is 2. The highest BCUT2D eigenvalue weighted by atomic mass is 79.9. The molecule has 2 aromatic carbocycles. The molecule has 4 heteroatoms. The van der Waals surface area contributed by atoms with Crippen LogP contribution in [-0.4, -0.2) is 17.0 Å². The summed E-state index contributed by atoms with van der Waals surface area (Å²) in [7, 11) is 0.895. The van der Waals surface area contributed by atoms with Crippen LogP contribution in [0.1, 0.15) is 17.2 Å². The fourth-order valence-corrected chi connectivity index (χ4v) is 3.54. The lowest BCUT2D eigenvalue weighted by molar-refractivity contribution is 0.635. The van der Waals surface area contributed by atoms with E-state index < -0.39 is 10.8 Å². The quantitative estimate of drug-likeness (QED) is 0.886. The molecule has 0 saturated heterocycles. The van der Waals surface area contributed by atoms with Crippen LogP contribution in [0.2, 0.25) is 0 Å². The molecule has 0 aliphatic rings. The molecule has 106 valence electrons. The first-order chi connectivity index (χ1) is 9.60. The van der Waals surface area contributed by atoms with Gasteiger partial charge in [0, 0.05) is 21.2 Å². The van der Waals surface area contributed by atoms with Gasteiger partial charge in [-0.3, -0.25) is 4.21 Å². The van der Waals surface area contributed by atoms with E-state index in [1.54, 1.807) is 0 Å². The van der Waals surface area contributed by atoms with Gasteiger partial charge in [0.25, 0.3) is 0 Å². The Morgan fingerprint density at radius 1 is 1.10 bits per heavy atom. The molecule has 2 aromatic rings. The zero-order chi connectivity index (χ0) is 14.5. The molecule has 0 heterocycles. The van der Waals surface area contributed by atoms with Gasteiger partial charge in [0.2, 0.25) is 0 Å². The molecule has 0 saturated carbocycles. The third kappa shape index (κ3) is 4.01. The van der Waals surface area contributed by atoms with Crippen molar-refractivity contribution in [2.75, 3.05) is 12.8 Å². The highest BCUT2D eigenvalue weighted by Crippen LogP contribution is 2.19. The Morgan fingerprint density at radius 3 is 2.25 bits per heavy atom. The molecular weight excluding hydrogens is 334 g/mol. The maximum Gasteiger partial charge on any atom is 0.0548 e. The van der Waals surface area contributed by atoms with Gasteiger partial charge in [0.1, 0.15) is 0 Å². The summed E-state index contributed by atoms with van der Waals surface area (Å²) in [5, 5.41) is 3.25. The molecule has 0 aliphatic carbocycles. The Morgan fingerprint density at radius 2 is 1.70 bits per heavy atom. The summed E-state index contributed by atoms with van der Waals surface area (Å²) in [6.45, 7) is 2.07. The molecule has 0 bridgehead atoms. The lowest BCUT2D eigenvalue weighted by Gasteiger charge is -2.16. The molecule has 0 aliphatic heterocycles. The summed E-state index contributed by atoms with van der Waals surface area (Å²) < 4.78 is 13.4. The molecule has 0 fully saturated rings. The minimum Gasteiger partial charge on any atom is -0.312 e. The van der Waals surface area contributed by atoms with Gasteiger partial charge in [-0.2, -0.15) is 0 Å². The van der Waals surface area contributed by atoms with Crippen molar-refractivity contribution in [3.8, 4) is 0 Å². The van der Waals surface area contributed by atoms with Crippen LogP contribution >= 0.6 is 15.9 Å². The second-order valence-electron chi connectivity index (χ2n) is 4.72. The van der Waals surface area contributed by atoms with E-state index >= 15 is 0 Å². The predicted octanol–water partition coefficient (Wildman–Crippen LogP) is 3.83. The van der Waals surface area contributed by atoms with Crippen LogP contribution in [0.25, 0.3) is 0 Å². The van der Waals surface area contributed by atoms with Crippen LogP contribution in [0.15, 0.2) is 57.9 Å². The van der Waals surface area contributed by atoms with Gasteiger partial charge >= 0.3 is 0 Å². The Kier molecular flexibility index (Phi) is 5.52. The molecule has 0 amide bonds. The summed E-state index contributed by atoms with van der Waals surface area (Å²) in [6.07, 6.45) is 0. The largest absolute Gasteiger partial charge is 0.312 e. The maximum absolute atomic E-state index is 12.4. The molecule has 0 aromatic heterocycles. The van der Waals surface area contributed by atoms with Gasteiger partial charge in [-0.25, -0.2) is 0 Å². The molecule has 2 atom stereocenters. The zero-order valence-corrected chi connectivity index (χ0v) is 14.0. The smallest absolute Gasteiger partial charge is 0.0548 e. The van der Waals surface area contributed by atoms with Gasteiger partial charge in [0.05, 0.1) is 10.8 Å². The SMILES string of the molecule is CNC(CS(=O)c1ccc(Br)cc1)c1ccc(C)cc1. The van der Waals surface area contributed by atoms with Crippen molar-refractivity contribution in [2.45, 2.75) is 17.9 Å². The molecule has 0 radical (unpaired) electrons. The first kappa shape index (κ1) is 15.4. The van der Waals surface area contributed by atoms with Crippen LogP contribution in [0.4, 0.5) is 0 Å². The Labute approximate surface area is 131 Å². The zero-order valence-electron chi connectivity index (χ0n) is 11.6. The fraction of sp³-hybridized carbons (Fsp3) is 0.250. The van der Waals surface area contributed by atoms with E-state index in [1.807, 2.05) is 31.3 Å². The fourth-order valence-electron chi connectivity index (χ4n) is 1.98. The molecule has 20 heavy (non-hydrogen) atoms. The van der Waals surface area contributed by atoms with Gasteiger partial charge < -0.3 is 5.32 Å². The highest BCUT2D eigenvalue weighted by molar-refractivity contribution is 9.10. The maximum atomic E-state index is 12.4. The van der Waals surface area contributed by atoms with Crippen LogP contribution in [-0.2, 0) is 10.8 Å². The van der Waals surface area contributed by atoms with Crippen LogP contribution < -0.4 is 5.32 Å². The van der Waals surface area contributed by atoms with Crippen molar-refractivity contribution in [1.29, 1.82) is 0 Å². The minimum atomic E-state index is -1.01. The lowest BCUT2D eigenvalue weighted by atomic mass is 10.1. The molecule has 2 unspecified atom stereocenters. The van der Waals surface area contributed by atoms with E-state index in [0.717, 1.165) is 9.37 Å². The van der Waals surface area contributed by atoms with Crippen molar-refractivity contribution in [1.82, 2.24) is 5.32 Å². The van der Waals surface area contributed by atoms with Crippen molar-refractivity contribution < 1.29 is 4.21 Å². The lowest BCUT2D eigenvalue weighted by Crippen LogP contribution is -2.22. The van der Waals surface area contributed by atoms with Gasteiger partial charge in [-0.15, -0.1) is 0 Å². The number of hydrogen-bond acceptors (Lipinski definition) is 2. The van der Waals surface area contributed by atoms with E-state index in [0.29, 0.717) is 5.75 Å².